The van der Waals surface area contributed by atoms with Crippen molar-refractivity contribution in [3.8, 4) is 17.1 Å². The maximum absolute atomic E-state index is 5.66. The fourth-order valence-corrected chi connectivity index (χ4v) is 1.28. The quantitative estimate of drug-likeness (QED) is 0.735. The molecule has 15 heavy (non-hydrogen) atoms. The molecule has 0 atom stereocenters. The summed E-state index contributed by atoms with van der Waals surface area (Å²) >= 11 is 0. The molecule has 0 bridgehead atoms. The Balaban J connectivity index is 2.63. The van der Waals surface area contributed by atoms with Gasteiger partial charge in [-0.15, -0.1) is 5.10 Å². The third kappa shape index (κ3) is 1.47. The van der Waals surface area contributed by atoms with Crippen LogP contribution in [0.25, 0.3) is 11.4 Å². The monoisotopic (exact) mass is 206 g/mol. The van der Waals surface area contributed by atoms with E-state index in [1.165, 1.54) is 13.4 Å². The summed E-state index contributed by atoms with van der Waals surface area (Å²) in [7, 11) is 3.28. The number of nitrogens with zero attached hydrogens (tertiary/aromatic N) is 5. The van der Waals surface area contributed by atoms with Gasteiger partial charge in [0.2, 0.25) is 0 Å². The highest BCUT2D eigenvalue weighted by molar-refractivity contribution is 5.68. The third-order valence-corrected chi connectivity index (χ3v) is 1.99. The minimum atomic E-state index is 0.295. The van der Waals surface area contributed by atoms with E-state index >= 15 is 0 Å². The molecule has 0 aliphatic heterocycles. The molecule has 0 aliphatic rings. The van der Waals surface area contributed by atoms with Crippen LogP contribution >= 0.6 is 0 Å². The second kappa shape index (κ2) is 3.52. The van der Waals surface area contributed by atoms with Crippen molar-refractivity contribution in [2.45, 2.75) is 0 Å². The van der Waals surface area contributed by atoms with E-state index in [-0.39, 0.29) is 0 Å². The maximum Gasteiger partial charge on any atom is 0.189 e. The predicted octanol–water partition coefficient (Wildman–Crippen LogP) is -0.137. The Hall–Kier alpha value is -2.18. The van der Waals surface area contributed by atoms with E-state index < -0.39 is 0 Å². The lowest BCUT2D eigenvalue weighted by Gasteiger charge is -2.07. The fourth-order valence-electron chi connectivity index (χ4n) is 1.28. The highest BCUT2D eigenvalue weighted by atomic mass is 16.5. The molecule has 0 aromatic carbocycles. The lowest BCUT2D eigenvalue weighted by Crippen LogP contribution is -2.02. The van der Waals surface area contributed by atoms with Crippen LogP contribution in [0.2, 0.25) is 0 Å². The Labute approximate surface area is 85.9 Å². The van der Waals surface area contributed by atoms with E-state index in [1.54, 1.807) is 17.9 Å². The first kappa shape index (κ1) is 9.38. The van der Waals surface area contributed by atoms with Crippen molar-refractivity contribution in [2.24, 2.45) is 7.05 Å². The van der Waals surface area contributed by atoms with Crippen molar-refractivity contribution in [2.75, 3.05) is 12.8 Å². The van der Waals surface area contributed by atoms with Crippen LogP contribution in [0.5, 0.6) is 5.75 Å². The van der Waals surface area contributed by atoms with Crippen LogP contribution in [0.15, 0.2) is 12.5 Å². The number of aryl methyl sites for hydroxylation is 1. The van der Waals surface area contributed by atoms with Crippen molar-refractivity contribution in [3.05, 3.63) is 12.5 Å². The molecule has 2 N–H and O–H groups in total. The number of rotatable bonds is 2. The molecular weight excluding hydrogens is 196 g/mol. The van der Waals surface area contributed by atoms with Crippen molar-refractivity contribution >= 4 is 5.82 Å². The van der Waals surface area contributed by atoms with Gasteiger partial charge in [0.1, 0.15) is 17.7 Å². The van der Waals surface area contributed by atoms with E-state index in [4.69, 9.17) is 10.5 Å². The molecule has 0 saturated carbocycles. The van der Waals surface area contributed by atoms with Crippen molar-refractivity contribution in [3.63, 3.8) is 0 Å². The molecule has 0 radical (unpaired) electrons. The van der Waals surface area contributed by atoms with E-state index in [0.717, 1.165) is 5.69 Å². The number of nitrogen functional groups attached to an aromatic ring is 1. The summed E-state index contributed by atoms with van der Waals surface area (Å²) in [5, 5.41) is 7.57. The number of hydrogen-bond acceptors (Lipinski definition) is 6. The van der Waals surface area contributed by atoms with Crippen molar-refractivity contribution in [1.29, 1.82) is 0 Å². The van der Waals surface area contributed by atoms with Gasteiger partial charge in [0.15, 0.2) is 11.6 Å². The van der Waals surface area contributed by atoms with Gasteiger partial charge in [-0.2, -0.15) is 0 Å². The molecule has 0 amide bonds. The SMILES string of the molecule is COc1c(N)ncnc1-c1cnnn1C. The van der Waals surface area contributed by atoms with Crippen LogP contribution in [0.4, 0.5) is 5.82 Å². The zero-order valence-electron chi connectivity index (χ0n) is 8.38. The molecule has 0 aliphatic carbocycles. The standard InChI is InChI=1S/C8H10N6O/c1-14-5(3-12-13-14)6-7(15-2)8(9)11-4-10-6/h3-4H,1-2H3,(H2,9,10,11). The smallest absolute Gasteiger partial charge is 0.189 e. The Kier molecular flexibility index (Phi) is 2.20. The van der Waals surface area contributed by atoms with E-state index in [1.807, 2.05) is 0 Å². The fraction of sp³-hybridized carbons (Fsp3) is 0.250. The summed E-state index contributed by atoms with van der Waals surface area (Å²) in [4.78, 5) is 7.94. The lowest BCUT2D eigenvalue weighted by molar-refractivity contribution is 0.414. The summed E-state index contributed by atoms with van der Waals surface area (Å²) in [5.74, 6) is 0.728. The predicted molar refractivity (Wildman–Crippen MR) is 53.0 cm³/mol. The normalized spacial score (nSPS) is 10.3. The molecule has 2 heterocycles. The number of anilines is 1. The van der Waals surface area contributed by atoms with Gasteiger partial charge >= 0.3 is 0 Å². The first-order chi connectivity index (χ1) is 7.24. The van der Waals surface area contributed by atoms with Gasteiger partial charge in [0.05, 0.1) is 13.3 Å². The third-order valence-electron chi connectivity index (χ3n) is 1.99. The van der Waals surface area contributed by atoms with E-state index in [2.05, 4.69) is 20.3 Å². The lowest BCUT2D eigenvalue weighted by atomic mass is 10.3. The molecule has 0 fully saturated rings. The number of ether oxygens (including phenoxy) is 1. The Morgan fingerprint density at radius 3 is 2.80 bits per heavy atom. The van der Waals surface area contributed by atoms with Gasteiger partial charge in [0, 0.05) is 7.05 Å². The van der Waals surface area contributed by atoms with Crippen LogP contribution in [0.3, 0.4) is 0 Å². The van der Waals surface area contributed by atoms with E-state index in [0.29, 0.717) is 17.3 Å². The molecule has 2 aromatic heterocycles. The zero-order chi connectivity index (χ0) is 10.8. The van der Waals surface area contributed by atoms with Crippen LogP contribution in [0, 0.1) is 0 Å². The molecule has 78 valence electrons. The van der Waals surface area contributed by atoms with Gasteiger partial charge in [-0.1, -0.05) is 5.21 Å². The number of hydrogen-bond donors (Lipinski definition) is 1. The molecule has 2 rings (SSSR count). The molecule has 0 spiro atoms. The van der Waals surface area contributed by atoms with E-state index in [9.17, 15) is 0 Å². The first-order valence-corrected chi connectivity index (χ1v) is 4.23. The van der Waals surface area contributed by atoms with Gasteiger partial charge < -0.3 is 10.5 Å². The van der Waals surface area contributed by atoms with Crippen LogP contribution < -0.4 is 10.5 Å². The summed E-state index contributed by atoms with van der Waals surface area (Å²) in [6.45, 7) is 0. The maximum atomic E-state index is 5.66. The van der Waals surface area contributed by atoms with Crippen LogP contribution in [-0.2, 0) is 7.05 Å². The number of nitrogens with two attached hydrogens (primary N) is 1. The van der Waals surface area contributed by atoms with Crippen molar-refractivity contribution in [1.82, 2.24) is 25.0 Å². The second-order valence-corrected chi connectivity index (χ2v) is 2.88. The Morgan fingerprint density at radius 2 is 2.20 bits per heavy atom. The summed E-state index contributed by atoms with van der Waals surface area (Å²) in [5.41, 5.74) is 6.97. The summed E-state index contributed by atoms with van der Waals surface area (Å²) < 4.78 is 6.72. The number of aromatic nitrogens is 5. The minimum Gasteiger partial charge on any atom is -0.491 e. The Bertz CT molecular complexity index is 480. The number of methoxy groups -OCH3 is 1. The highest BCUT2D eigenvalue weighted by Gasteiger charge is 2.14. The molecule has 0 unspecified atom stereocenters. The van der Waals surface area contributed by atoms with Gasteiger partial charge in [-0.3, -0.25) is 0 Å². The molecule has 7 heteroatoms. The zero-order valence-corrected chi connectivity index (χ0v) is 8.38. The average Bonchev–Trinajstić information content (AvgIpc) is 2.64. The summed E-state index contributed by atoms with van der Waals surface area (Å²) in [6, 6.07) is 0. The van der Waals surface area contributed by atoms with Crippen LogP contribution in [-0.4, -0.2) is 32.1 Å². The minimum absolute atomic E-state index is 0.295. The molecule has 0 saturated heterocycles. The van der Waals surface area contributed by atoms with Gasteiger partial charge in [0.25, 0.3) is 0 Å². The summed E-state index contributed by atoms with van der Waals surface area (Å²) in [6.07, 6.45) is 2.96. The average molecular weight is 206 g/mol. The van der Waals surface area contributed by atoms with Crippen LogP contribution in [0.1, 0.15) is 0 Å². The topological polar surface area (TPSA) is 91.7 Å². The van der Waals surface area contributed by atoms with Gasteiger partial charge in [-0.25, -0.2) is 14.6 Å². The van der Waals surface area contributed by atoms with Crippen molar-refractivity contribution < 1.29 is 4.74 Å². The molecule has 7 nitrogen and oxygen atoms in total. The first-order valence-electron chi connectivity index (χ1n) is 4.23. The second-order valence-electron chi connectivity index (χ2n) is 2.88. The van der Waals surface area contributed by atoms with Gasteiger partial charge in [-0.05, 0) is 0 Å². The Morgan fingerprint density at radius 1 is 1.40 bits per heavy atom. The highest BCUT2D eigenvalue weighted by Crippen LogP contribution is 2.29. The molecular formula is C8H10N6O. The largest absolute Gasteiger partial charge is 0.491 e. The molecule has 2 aromatic rings.